The summed E-state index contributed by atoms with van der Waals surface area (Å²) in [7, 11) is 0. The summed E-state index contributed by atoms with van der Waals surface area (Å²) >= 11 is 3.52. The van der Waals surface area contributed by atoms with E-state index in [1.54, 1.807) is 11.8 Å². The Bertz CT molecular complexity index is 2150. The Morgan fingerprint density at radius 3 is 2.46 bits per heavy atom. The number of aromatic nitrogens is 3. The number of benzene rings is 4. The molecule has 4 nitrogen and oxygen atoms in total. The third-order valence-electron chi connectivity index (χ3n) is 8.12. The van der Waals surface area contributed by atoms with E-state index in [0.717, 1.165) is 45.8 Å². The van der Waals surface area contributed by atoms with Crippen LogP contribution in [-0.2, 0) is 6.42 Å². The molecule has 0 amide bonds. The molecular weight excluding hydrogens is 541 g/mol. The highest BCUT2D eigenvalue weighted by Crippen LogP contribution is 2.44. The molecule has 0 aliphatic heterocycles. The molecule has 0 bridgehead atoms. The average molecular weight is 573 g/mol. The van der Waals surface area contributed by atoms with Crippen LogP contribution in [0.3, 0.4) is 0 Å². The van der Waals surface area contributed by atoms with E-state index in [9.17, 15) is 0 Å². The largest absolute Gasteiger partial charge is 0.341 e. The molecular formula is C35H32N4S2. The van der Waals surface area contributed by atoms with Gasteiger partial charge in [0, 0.05) is 44.6 Å². The van der Waals surface area contributed by atoms with Gasteiger partial charge < -0.3 is 4.98 Å². The zero-order chi connectivity index (χ0) is 28.2. The lowest BCUT2D eigenvalue weighted by Gasteiger charge is -2.15. The quantitative estimate of drug-likeness (QED) is 0.127. The summed E-state index contributed by atoms with van der Waals surface area (Å²) in [6, 6.07) is 18.2. The van der Waals surface area contributed by atoms with Crippen molar-refractivity contribution in [2.75, 3.05) is 6.26 Å². The summed E-state index contributed by atoms with van der Waals surface area (Å²) in [6.07, 6.45) is 8.03. The van der Waals surface area contributed by atoms with Crippen molar-refractivity contribution in [1.82, 2.24) is 15.0 Å². The van der Waals surface area contributed by atoms with E-state index in [0.29, 0.717) is 5.92 Å². The lowest BCUT2D eigenvalue weighted by Crippen LogP contribution is -1.92. The minimum Gasteiger partial charge on any atom is -0.341 e. The number of thiophene rings is 1. The molecule has 0 saturated carbocycles. The van der Waals surface area contributed by atoms with Crippen LogP contribution in [0, 0.1) is 0 Å². The maximum Gasteiger partial charge on any atom is 0.109 e. The van der Waals surface area contributed by atoms with Crippen LogP contribution in [0.4, 0.5) is 5.69 Å². The van der Waals surface area contributed by atoms with Gasteiger partial charge in [0.05, 0.1) is 21.8 Å². The standard InChI is InChI=1S/C35H32N4S2/c1-6-7-25-23-10-8-22(17-29(23)34-27(13-15-41-34)31(25)37-20(4)40-5)21-9-11-26-28(16-21)24-12-14-36-18-30(24)33-32(26)38-35(39-33)19(2)3/h8-19H,6-7H2,1-5H3,(H,38,39)/b37-20+. The Labute approximate surface area is 247 Å². The Balaban J connectivity index is 1.48. The van der Waals surface area contributed by atoms with Crippen LogP contribution in [0.25, 0.3) is 64.6 Å². The smallest absolute Gasteiger partial charge is 0.109 e. The van der Waals surface area contributed by atoms with E-state index in [-0.39, 0.29) is 0 Å². The topological polar surface area (TPSA) is 53.9 Å². The second-order valence-corrected chi connectivity index (χ2v) is 12.9. The summed E-state index contributed by atoms with van der Waals surface area (Å²) < 4.78 is 1.31. The van der Waals surface area contributed by atoms with Crippen LogP contribution in [0.2, 0.25) is 0 Å². The van der Waals surface area contributed by atoms with Gasteiger partial charge in [-0.15, -0.1) is 23.1 Å². The molecule has 0 fully saturated rings. The summed E-state index contributed by atoms with van der Waals surface area (Å²) in [6.45, 7) is 8.70. The Kier molecular flexibility index (Phi) is 6.56. The summed E-state index contributed by atoms with van der Waals surface area (Å²) in [5.74, 6) is 1.33. The lowest BCUT2D eigenvalue weighted by atomic mass is 9.92. The van der Waals surface area contributed by atoms with Crippen molar-refractivity contribution in [2.24, 2.45) is 4.99 Å². The molecule has 3 heterocycles. The summed E-state index contributed by atoms with van der Waals surface area (Å²) in [5, 5.41) is 11.9. The van der Waals surface area contributed by atoms with Crippen molar-refractivity contribution in [3.05, 3.63) is 77.7 Å². The molecule has 0 atom stereocenters. The average Bonchev–Trinajstić information content (AvgIpc) is 3.67. The zero-order valence-corrected chi connectivity index (χ0v) is 25.6. The number of pyridine rings is 1. The van der Waals surface area contributed by atoms with Gasteiger partial charge in [0.2, 0.25) is 0 Å². The van der Waals surface area contributed by atoms with Crippen molar-refractivity contribution in [1.29, 1.82) is 0 Å². The molecule has 41 heavy (non-hydrogen) atoms. The number of thioether (sulfide) groups is 1. The number of nitrogens with one attached hydrogen (secondary N) is 1. The molecule has 204 valence electrons. The Morgan fingerprint density at radius 2 is 1.71 bits per heavy atom. The molecule has 0 radical (unpaired) electrons. The normalized spacial score (nSPS) is 12.7. The van der Waals surface area contributed by atoms with Crippen molar-refractivity contribution in [3.63, 3.8) is 0 Å². The molecule has 0 spiro atoms. The fraction of sp³-hybridized carbons (Fsp3) is 0.229. The molecule has 1 N–H and O–H groups in total. The SMILES string of the molecule is CCCc1c(/N=C(\C)SC)c2ccsc2c2cc(-c3ccc4c(c3)c3ccncc3c3nc(C(C)C)[nH]c43)ccc12. The van der Waals surface area contributed by atoms with Crippen molar-refractivity contribution in [2.45, 2.75) is 46.5 Å². The van der Waals surface area contributed by atoms with Gasteiger partial charge in [0.1, 0.15) is 5.82 Å². The predicted molar refractivity (Wildman–Crippen MR) is 182 cm³/mol. The van der Waals surface area contributed by atoms with Gasteiger partial charge in [-0.25, -0.2) is 9.98 Å². The monoisotopic (exact) mass is 572 g/mol. The van der Waals surface area contributed by atoms with Crippen LogP contribution in [0.1, 0.15) is 51.4 Å². The van der Waals surface area contributed by atoms with Crippen molar-refractivity contribution in [3.8, 4) is 11.1 Å². The minimum atomic E-state index is 0.323. The maximum absolute atomic E-state index is 5.10. The van der Waals surface area contributed by atoms with E-state index >= 15 is 0 Å². The van der Waals surface area contributed by atoms with E-state index in [2.05, 4.69) is 97.8 Å². The molecule has 0 aliphatic rings. The number of aromatic amines is 1. The van der Waals surface area contributed by atoms with Crippen LogP contribution < -0.4 is 0 Å². The maximum atomic E-state index is 5.10. The van der Waals surface area contributed by atoms with E-state index in [4.69, 9.17) is 9.98 Å². The summed E-state index contributed by atoms with van der Waals surface area (Å²) in [4.78, 5) is 18.2. The number of aliphatic imine (C=N–C) groups is 1. The summed E-state index contributed by atoms with van der Waals surface area (Å²) in [5.41, 5.74) is 7.03. The first-order valence-electron chi connectivity index (χ1n) is 14.2. The van der Waals surface area contributed by atoms with Gasteiger partial charge in [0.25, 0.3) is 0 Å². The fourth-order valence-electron chi connectivity index (χ4n) is 6.04. The van der Waals surface area contributed by atoms with Gasteiger partial charge >= 0.3 is 0 Å². The number of aryl methyl sites for hydroxylation is 1. The van der Waals surface area contributed by atoms with Crippen LogP contribution in [0.5, 0.6) is 0 Å². The molecule has 6 heteroatoms. The number of H-pyrrole nitrogens is 1. The minimum absolute atomic E-state index is 0.323. The van der Waals surface area contributed by atoms with Gasteiger partial charge in [-0.3, -0.25) is 4.98 Å². The molecule has 7 rings (SSSR count). The Morgan fingerprint density at radius 1 is 0.927 bits per heavy atom. The number of hydrogen-bond acceptors (Lipinski definition) is 5. The lowest BCUT2D eigenvalue weighted by molar-refractivity contribution is 0.799. The predicted octanol–water partition coefficient (Wildman–Crippen LogP) is 10.8. The third-order valence-corrected chi connectivity index (χ3v) is 9.75. The number of rotatable bonds is 5. The van der Waals surface area contributed by atoms with Gasteiger partial charge in [-0.2, -0.15) is 0 Å². The number of hydrogen-bond donors (Lipinski definition) is 1. The second kappa shape index (κ2) is 10.3. The first kappa shape index (κ1) is 26.2. The first-order chi connectivity index (χ1) is 20.0. The van der Waals surface area contributed by atoms with Gasteiger partial charge in [0.15, 0.2) is 0 Å². The number of nitrogens with zero attached hydrogens (tertiary/aromatic N) is 3. The van der Waals surface area contributed by atoms with Crippen LogP contribution in [0.15, 0.2) is 71.3 Å². The number of fused-ring (bicyclic) bond motifs is 9. The molecule has 4 aromatic carbocycles. The molecule has 0 saturated heterocycles. The molecule has 0 unspecified atom stereocenters. The van der Waals surface area contributed by atoms with Gasteiger partial charge in [-0.1, -0.05) is 51.5 Å². The highest BCUT2D eigenvalue weighted by molar-refractivity contribution is 8.13. The molecule has 0 aliphatic carbocycles. The van der Waals surface area contributed by atoms with Crippen molar-refractivity contribution < 1.29 is 0 Å². The van der Waals surface area contributed by atoms with Gasteiger partial charge in [-0.05, 0) is 82.1 Å². The van der Waals surface area contributed by atoms with E-state index in [1.165, 1.54) is 53.7 Å². The third kappa shape index (κ3) is 4.23. The zero-order valence-electron chi connectivity index (χ0n) is 24.0. The second-order valence-electron chi connectivity index (χ2n) is 11.0. The molecule has 3 aromatic heterocycles. The van der Waals surface area contributed by atoms with Crippen LogP contribution in [-0.4, -0.2) is 26.3 Å². The van der Waals surface area contributed by atoms with E-state index < -0.39 is 0 Å². The fourth-order valence-corrected chi connectivity index (χ4v) is 7.15. The highest BCUT2D eigenvalue weighted by atomic mass is 32.2. The molecule has 7 aromatic rings. The number of imidazole rings is 1. The van der Waals surface area contributed by atoms with Crippen molar-refractivity contribution >= 4 is 87.3 Å². The first-order valence-corrected chi connectivity index (χ1v) is 16.3. The van der Waals surface area contributed by atoms with E-state index in [1.807, 2.05) is 23.7 Å². The Hall–Kier alpha value is -3.74. The highest BCUT2D eigenvalue weighted by Gasteiger charge is 2.18. The van der Waals surface area contributed by atoms with Crippen LogP contribution >= 0.6 is 23.1 Å².